The van der Waals surface area contributed by atoms with Crippen molar-refractivity contribution >= 4 is 36.0 Å². The maximum Gasteiger partial charge on any atom is 0.934 e. The third kappa shape index (κ3) is 3.38. The standard InChI is InChI=1S/C15H17BClF2N2O/c1-10-8-11(2)20(3)14(10)9-13-5-4-12(6-7-15(17)22)21(13)16(18)19/h4-5,8-9H,6-7H2,1-3H3/q+1. The van der Waals surface area contributed by atoms with Crippen molar-refractivity contribution < 1.29 is 17.9 Å². The molecule has 0 N–H and O–H groups in total. The summed E-state index contributed by atoms with van der Waals surface area (Å²) >= 11 is 5.29. The Morgan fingerprint density at radius 1 is 1.41 bits per heavy atom. The molecule has 0 amide bonds. The lowest BCUT2D eigenvalue weighted by molar-refractivity contribution is -0.342. The van der Waals surface area contributed by atoms with Crippen LogP contribution in [0.2, 0.25) is 0 Å². The van der Waals surface area contributed by atoms with Gasteiger partial charge in [-0.3, -0.25) is 4.79 Å². The van der Waals surface area contributed by atoms with Gasteiger partial charge in [0.1, 0.15) is 0 Å². The summed E-state index contributed by atoms with van der Waals surface area (Å²) in [7, 11) is -0.764. The quantitative estimate of drug-likeness (QED) is 0.601. The maximum atomic E-state index is 13.4. The van der Waals surface area contributed by atoms with Gasteiger partial charge >= 0.3 is 7.40 Å². The van der Waals surface area contributed by atoms with Crippen molar-refractivity contribution in [1.29, 1.82) is 0 Å². The summed E-state index contributed by atoms with van der Waals surface area (Å²) in [6.45, 7) is 3.91. The Balaban J connectivity index is 2.40. The number of aryl methyl sites for hydroxylation is 2. The lowest BCUT2D eigenvalue weighted by Crippen LogP contribution is -2.25. The molecule has 0 saturated carbocycles. The third-order valence-corrected chi connectivity index (χ3v) is 4.00. The number of rotatable bonds is 5. The van der Waals surface area contributed by atoms with Crippen molar-refractivity contribution in [2.75, 3.05) is 0 Å². The van der Waals surface area contributed by atoms with Crippen molar-refractivity contribution in [3.8, 4) is 0 Å². The van der Waals surface area contributed by atoms with Crippen LogP contribution in [0.5, 0.6) is 0 Å². The first kappa shape index (κ1) is 16.7. The topological polar surface area (TPSA) is 25.0 Å². The Bertz CT molecular complexity index is 705. The highest BCUT2D eigenvalue weighted by Crippen LogP contribution is 2.22. The Hall–Kier alpha value is -1.69. The largest absolute Gasteiger partial charge is 0.934 e. The molecule has 0 unspecified atom stereocenters. The molecule has 0 atom stereocenters. The molecule has 0 aliphatic carbocycles. The summed E-state index contributed by atoms with van der Waals surface area (Å²) in [5, 5.41) is -0.526. The molecule has 1 aromatic heterocycles. The number of nitrogens with zero attached hydrogens (tertiary/aromatic N) is 2. The molecule has 2 heterocycles. The summed E-state index contributed by atoms with van der Waals surface area (Å²) in [5.41, 5.74) is 3.79. The molecule has 0 aromatic carbocycles. The van der Waals surface area contributed by atoms with Crippen molar-refractivity contribution in [1.82, 2.24) is 4.57 Å². The predicted octanol–water partition coefficient (Wildman–Crippen LogP) is 3.48. The molecule has 7 heteroatoms. The molecule has 1 aliphatic heterocycles. The second-order valence-corrected chi connectivity index (χ2v) is 5.73. The fourth-order valence-corrected chi connectivity index (χ4v) is 2.68. The maximum absolute atomic E-state index is 13.4. The zero-order valence-electron chi connectivity index (χ0n) is 12.7. The van der Waals surface area contributed by atoms with E-state index in [1.54, 1.807) is 18.2 Å². The Morgan fingerprint density at radius 3 is 2.59 bits per heavy atom. The van der Waals surface area contributed by atoms with Gasteiger partial charge in [-0.2, -0.15) is 0 Å². The van der Waals surface area contributed by atoms with Crippen molar-refractivity contribution in [2.24, 2.45) is 7.05 Å². The van der Waals surface area contributed by atoms with E-state index in [1.165, 1.54) is 0 Å². The van der Waals surface area contributed by atoms with E-state index in [9.17, 15) is 13.4 Å². The monoisotopic (exact) mass is 325 g/mol. The highest BCUT2D eigenvalue weighted by atomic mass is 35.5. The number of halogens is 3. The lowest BCUT2D eigenvalue weighted by atomic mass is 10.1. The molecule has 2 rings (SSSR count). The van der Waals surface area contributed by atoms with Crippen molar-refractivity contribution in [3.63, 3.8) is 0 Å². The van der Waals surface area contributed by atoms with Gasteiger partial charge < -0.3 is 4.57 Å². The van der Waals surface area contributed by atoms with Gasteiger partial charge in [0.25, 0.3) is 0 Å². The van der Waals surface area contributed by atoms with Gasteiger partial charge in [-0.1, -0.05) is 0 Å². The third-order valence-electron chi connectivity index (χ3n) is 3.81. The van der Waals surface area contributed by atoms with Crippen molar-refractivity contribution in [3.05, 3.63) is 40.9 Å². The fraction of sp³-hybridized carbons (Fsp3) is 0.333. The molecule has 1 aliphatic rings. The average Bonchev–Trinajstić information content (AvgIpc) is 2.93. The zero-order valence-corrected chi connectivity index (χ0v) is 13.5. The minimum absolute atomic E-state index is 0.0417. The van der Waals surface area contributed by atoms with Crippen LogP contribution in [0.25, 0.3) is 6.08 Å². The summed E-state index contributed by atoms with van der Waals surface area (Å²) in [6.07, 6.45) is 5.23. The average molecular weight is 326 g/mol. The van der Waals surface area contributed by atoms with Gasteiger partial charge in [-0.05, 0) is 37.1 Å². The molecule has 0 spiro atoms. The number of hydrogen-bond donors (Lipinski definition) is 0. The minimum atomic E-state index is -2.66. The van der Waals surface area contributed by atoms with E-state index in [-0.39, 0.29) is 12.8 Å². The highest BCUT2D eigenvalue weighted by molar-refractivity contribution is 6.63. The fourth-order valence-electron chi connectivity index (χ4n) is 2.58. The predicted molar refractivity (Wildman–Crippen MR) is 85.3 cm³/mol. The molecule has 116 valence electrons. The molecule has 3 nitrogen and oxygen atoms in total. The lowest BCUT2D eigenvalue weighted by Gasteiger charge is -2.03. The molecule has 0 bridgehead atoms. The van der Waals surface area contributed by atoms with E-state index in [0.717, 1.165) is 21.4 Å². The molecule has 22 heavy (non-hydrogen) atoms. The molecule has 1 aromatic rings. The van der Waals surface area contributed by atoms with Crippen LogP contribution < -0.4 is 0 Å². The summed E-state index contributed by atoms with van der Waals surface area (Å²) < 4.78 is 29.7. The number of aromatic nitrogens is 1. The van der Waals surface area contributed by atoms with Crippen LogP contribution in [0, 0.1) is 13.8 Å². The van der Waals surface area contributed by atoms with E-state index in [1.807, 2.05) is 31.5 Å². The van der Waals surface area contributed by atoms with Gasteiger partial charge in [0.2, 0.25) is 5.24 Å². The van der Waals surface area contributed by atoms with Crippen LogP contribution in [0.3, 0.4) is 0 Å². The highest BCUT2D eigenvalue weighted by Gasteiger charge is 2.41. The molecule has 0 radical (unpaired) electrons. The number of hydrogen-bond acceptors (Lipinski definition) is 1. The molecule has 0 saturated heterocycles. The van der Waals surface area contributed by atoms with Crippen LogP contribution in [0.4, 0.5) is 8.63 Å². The van der Waals surface area contributed by atoms with Crippen LogP contribution in [-0.2, 0) is 11.8 Å². The van der Waals surface area contributed by atoms with Gasteiger partial charge in [0.15, 0.2) is 11.4 Å². The SMILES string of the molecule is Cc1cc(C)n(C)c1/C=C1/C=CC(CCC(=O)Cl)=[N+]1B(F)F. The van der Waals surface area contributed by atoms with Gasteiger partial charge in [-0.15, -0.1) is 0 Å². The second-order valence-electron chi connectivity index (χ2n) is 5.31. The van der Waals surface area contributed by atoms with E-state index in [4.69, 9.17) is 11.6 Å². The van der Waals surface area contributed by atoms with E-state index >= 15 is 0 Å². The van der Waals surface area contributed by atoms with E-state index in [0.29, 0.717) is 11.4 Å². The van der Waals surface area contributed by atoms with Crippen LogP contribution in [-0.4, -0.2) is 27.4 Å². The minimum Gasteiger partial charge on any atom is -0.348 e. The number of allylic oxidation sites excluding steroid dienone is 2. The summed E-state index contributed by atoms with van der Waals surface area (Å²) in [6, 6.07) is 2.01. The molecular formula is C15H17BClF2N2O+. The number of carbonyl (C=O) groups is 1. The summed E-state index contributed by atoms with van der Waals surface area (Å²) in [5.74, 6) is 0. The summed E-state index contributed by atoms with van der Waals surface area (Å²) in [4.78, 5) is 10.8. The first-order chi connectivity index (χ1) is 10.3. The van der Waals surface area contributed by atoms with Crippen LogP contribution >= 0.6 is 11.6 Å². The smallest absolute Gasteiger partial charge is 0.348 e. The van der Waals surface area contributed by atoms with Gasteiger partial charge in [-0.25, -0.2) is 13.1 Å². The Labute approximate surface area is 133 Å². The van der Waals surface area contributed by atoms with Gasteiger partial charge in [0, 0.05) is 43.8 Å². The van der Waals surface area contributed by atoms with Crippen LogP contribution in [0.1, 0.15) is 29.8 Å². The first-order valence-corrected chi connectivity index (χ1v) is 7.33. The Kier molecular flexibility index (Phi) is 5.01. The van der Waals surface area contributed by atoms with E-state index < -0.39 is 12.6 Å². The second kappa shape index (κ2) is 6.61. The first-order valence-electron chi connectivity index (χ1n) is 6.95. The Morgan fingerprint density at radius 2 is 2.09 bits per heavy atom. The van der Waals surface area contributed by atoms with Gasteiger partial charge in [0.05, 0.1) is 5.69 Å². The number of carbonyl (C=O) groups excluding carboxylic acids is 1. The van der Waals surface area contributed by atoms with Crippen molar-refractivity contribution in [2.45, 2.75) is 26.7 Å². The van der Waals surface area contributed by atoms with E-state index in [2.05, 4.69) is 0 Å². The van der Waals surface area contributed by atoms with Crippen LogP contribution in [0.15, 0.2) is 23.9 Å². The zero-order chi connectivity index (χ0) is 16.4. The molecular weight excluding hydrogens is 308 g/mol. The molecule has 0 fully saturated rings. The normalized spacial score (nSPS) is 16.0.